The molecular weight excluding hydrogens is 230 g/mol. The Morgan fingerprint density at radius 3 is 2.28 bits per heavy atom. The van der Waals surface area contributed by atoms with Crippen LogP contribution in [0.5, 0.6) is 0 Å². The summed E-state index contributed by atoms with van der Waals surface area (Å²) in [6.45, 7) is 13.5. The monoisotopic (exact) mass is 257 g/mol. The summed E-state index contributed by atoms with van der Waals surface area (Å²) < 4.78 is 4.92. The smallest absolute Gasteiger partial charge is 0.324 e. The predicted octanol–water partition coefficient (Wildman–Crippen LogP) is 0.293. The van der Waals surface area contributed by atoms with E-state index in [2.05, 4.69) is 30.6 Å². The normalized spacial score (nSPS) is 20.7. The van der Waals surface area contributed by atoms with Crippen LogP contribution in [0.3, 0.4) is 0 Å². The summed E-state index contributed by atoms with van der Waals surface area (Å²) in [6, 6.07) is -0.522. The van der Waals surface area contributed by atoms with Crippen molar-refractivity contribution in [3.05, 3.63) is 0 Å². The number of hydrogen-bond donors (Lipinski definition) is 1. The number of carbonyl (C=O) groups excluding carboxylic acids is 1. The number of ether oxygens (including phenoxy) is 1. The maximum absolute atomic E-state index is 11.5. The Morgan fingerprint density at radius 2 is 1.83 bits per heavy atom. The lowest BCUT2D eigenvalue weighted by atomic mass is 10.0. The van der Waals surface area contributed by atoms with Crippen molar-refractivity contribution in [3.8, 4) is 0 Å². The van der Waals surface area contributed by atoms with Gasteiger partial charge in [-0.3, -0.25) is 14.6 Å². The van der Waals surface area contributed by atoms with Gasteiger partial charge in [0.2, 0.25) is 0 Å². The van der Waals surface area contributed by atoms with Crippen molar-refractivity contribution in [2.75, 3.05) is 39.3 Å². The third-order valence-electron chi connectivity index (χ3n) is 3.37. The van der Waals surface area contributed by atoms with Crippen LogP contribution in [0, 0.1) is 0 Å². The Labute approximate surface area is 110 Å². The molecule has 1 aliphatic heterocycles. The number of nitrogens with two attached hydrogens (primary N) is 1. The van der Waals surface area contributed by atoms with Gasteiger partial charge in [0.05, 0.1) is 6.61 Å². The molecule has 1 unspecified atom stereocenters. The number of hydrogen-bond acceptors (Lipinski definition) is 5. The molecule has 0 amide bonds. The van der Waals surface area contributed by atoms with Crippen LogP contribution in [0.1, 0.15) is 27.7 Å². The van der Waals surface area contributed by atoms with Gasteiger partial charge >= 0.3 is 5.97 Å². The second-order valence-corrected chi connectivity index (χ2v) is 5.82. The van der Waals surface area contributed by atoms with Gasteiger partial charge in [-0.2, -0.15) is 0 Å². The minimum absolute atomic E-state index is 0.218. The van der Waals surface area contributed by atoms with Crippen LogP contribution in [0.2, 0.25) is 0 Å². The lowest BCUT2D eigenvalue weighted by Crippen LogP contribution is -2.56. The molecule has 5 nitrogen and oxygen atoms in total. The fraction of sp³-hybridized carbons (Fsp3) is 0.923. The number of esters is 1. The zero-order chi connectivity index (χ0) is 13.8. The summed E-state index contributed by atoms with van der Waals surface area (Å²) >= 11 is 0. The topological polar surface area (TPSA) is 58.8 Å². The average Bonchev–Trinajstić information content (AvgIpc) is 2.28. The number of piperazine rings is 1. The van der Waals surface area contributed by atoms with Crippen molar-refractivity contribution in [1.82, 2.24) is 9.80 Å². The summed E-state index contributed by atoms with van der Waals surface area (Å²) in [5.41, 5.74) is 6.04. The number of carbonyl (C=O) groups is 1. The van der Waals surface area contributed by atoms with E-state index in [0.717, 1.165) is 26.2 Å². The van der Waals surface area contributed by atoms with Gasteiger partial charge in [-0.1, -0.05) is 0 Å². The van der Waals surface area contributed by atoms with E-state index in [1.165, 1.54) is 0 Å². The lowest BCUT2D eigenvalue weighted by molar-refractivity contribution is -0.145. The molecule has 1 rings (SSSR count). The number of rotatable bonds is 4. The Bertz CT molecular complexity index is 268. The molecule has 0 aliphatic carbocycles. The first-order chi connectivity index (χ1) is 8.34. The van der Waals surface area contributed by atoms with Crippen molar-refractivity contribution >= 4 is 5.97 Å². The Morgan fingerprint density at radius 1 is 1.28 bits per heavy atom. The zero-order valence-corrected chi connectivity index (χ0v) is 12.1. The van der Waals surface area contributed by atoms with Gasteiger partial charge in [0, 0.05) is 38.3 Å². The van der Waals surface area contributed by atoms with E-state index in [-0.39, 0.29) is 11.5 Å². The lowest BCUT2D eigenvalue weighted by Gasteiger charge is -2.42. The molecular formula is C13H27N3O2. The van der Waals surface area contributed by atoms with E-state index in [4.69, 9.17) is 10.5 Å². The van der Waals surface area contributed by atoms with Crippen LogP contribution < -0.4 is 5.73 Å². The molecule has 0 radical (unpaired) electrons. The molecule has 0 aromatic rings. The molecule has 1 heterocycles. The minimum atomic E-state index is -0.522. The van der Waals surface area contributed by atoms with E-state index in [0.29, 0.717) is 13.2 Å². The Hall–Kier alpha value is -0.650. The fourth-order valence-corrected chi connectivity index (χ4v) is 2.20. The molecule has 0 aromatic heterocycles. The van der Waals surface area contributed by atoms with Gasteiger partial charge in [0.15, 0.2) is 0 Å². The zero-order valence-electron chi connectivity index (χ0n) is 12.1. The van der Waals surface area contributed by atoms with E-state index in [1.54, 1.807) is 6.92 Å². The molecule has 1 atom stereocenters. The summed E-state index contributed by atoms with van der Waals surface area (Å²) in [4.78, 5) is 16.2. The highest BCUT2D eigenvalue weighted by Gasteiger charge is 2.27. The first-order valence-corrected chi connectivity index (χ1v) is 6.74. The molecule has 0 spiro atoms. The SMILES string of the molecule is CCOC(=O)C(N)CN1CCN(C(C)(C)C)CC1. The second-order valence-electron chi connectivity index (χ2n) is 5.82. The van der Waals surface area contributed by atoms with Crippen LogP contribution in [-0.4, -0.2) is 66.7 Å². The molecule has 1 aliphatic rings. The van der Waals surface area contributed by atoms with Crippen molar-refractivity contribution in [2.24, 2.45) is 5.73 Å². The highest BCUT2D eigenvalue weighted by Crippen LogP contribution is 2.15. The average molecular weight is 257 g/mol. The molecule has 1 fully saturated rings. The van der Waals surface area contributed by atoms with Gasteiger partial charge in [0.25, 0.3) is 0 Å². The minimum Gasteiger partial charge on any atom is -0.465 e. The van der Waals surface area contributed by atoms with Gasteiger partial charge < -0.3 is 10.5 Å². The van der Waals surface area contributed by atoms with Crippen molar-refractivity contribution in [3.63, 3.8) is 0 Å². The van der Waals surface area contributed by atoms with Gasteiger partial charge in [-0.15, -0.1) is 0 Å². The molecule has 5 heteroatoms. The largest absolute Gasteiger partial charge is 0.465 e. The van der Waals surface area contributed by atoms with Gasteiger partial charge in [-0.05, 0) is 27.7 Å². The first kappa shape index (κ1) is 15.4. The fourth-order valence-electron chi connectivity index (χ4n) is 2.20. The molecule has 18 heavy (non-hydrogen) atoms. The molecule has 0 aromatic carbocycles. The summed E-state index contributed by atoms with van der Waals surface area (Å²) in [6.07, 6.45) is 0. The first-order valence-electron chi connectivity index (χ1n) is 6.74. The molecule has 2 N–H and O–H groups in total. The third kappa shape index (κ3) is 4.55. The Balaban J connectivity index is 2.33. The van der Waals surface area contributed by atoms with Crippen LogP contribution >= 0.6 is 0 Å². The summed E-state index contributed by atoms with van der Waals surface area (Å²) in [5.74, 6) is -0.296. The number of nitrogens with zero attached hydrogens (tertiary/aromatic N) is 2. The third-order valence-corrected chi connectivity index (χ3v) is 3.37. The molecule has 0 saturated carbocycles. The van der Waals surface area contributed by atoms with Crippen LogP contribution in [-0.2, 0) is 9.53 Å². The van der Waals surface area contributed by atoms with Gasteiger partial charge in [-0.25, -0.2) is 0 Å². The van der Waals surface area contributed by atoms with Crippen molar-refractivity contribution in [1.29, 1.82) is 0 Å². The van der Waals surface area contributed by atoms with Crippen LogP contribution in [0.25, 0.3) is 0 Å². The molecule has 106 valence electrons. The van der Waals surface area contributed by atoms with Crippen molar-refractivity contribution in [2.45, 2.75) is 39.3 Å². The molecule has 0 bridgehead atoms. The second kappa shape index (κ2) is 6.50. The highest BCUT2D eigenvalue weighted by atomic mass is 16.5. The van der Waals surface area contributed by atoms with E-state index >= 15 is 0 Å². The highest BCUT2D eigenvalue weighted by molar-refractivity contribution is 5.75. The van der Waals surface area contributed by atoms with E-state index in [9.17, 15) is 4.79 Å². The maximum Gasteiger partial charge on any atom is 0.324 e. The van der Waals surface area contributed by atoms with Gasteiger partial charge in [0.1, 0.15) is 6.04 Å². The maximum atomic E-state index is 11.5. The van der Waals surface area contributed by atoms with Crippen LogP contribution in [0.15, 0.2) is 0 Å². The quantitative estimate of drug-likeness (QED) is 0.734. The van der Waals surface area contributed by atoms with E-state index < -0.39 is 6.04 Å². The van der Waals surface area contributed by atoms with E-state index in [1.807, 2.05) is 0 Å². The molecule has 1 saturated heterocycles. The summed E-state index contributed by atoms with van der Waals surface area (Å²) in [5, 5.41) is 0. The van der Waals surface area contributed by atoms with Crippen LogP contribution in [0.4, 0.5) is 0 Å². The standard InChI is InChI=1S/C13H27N3O2/c1-5-18-12(17)11(14)10-15-6-8-16(9-7-15)13(2,3)4/h11H,5-10,14H2,1-4H3. The Kier molecular flexibility index (Phi) is 5.56. The van der Waals surface area contributed by atoms with Crippen molar-refractivity contribution < 1.29 is 9.53 Å². The summed E-state index contributed by atoms with van der Waals surface area (Å²) in [7, 11) is 0. The predicted molar refractivity (Wildman–Crippen MR) is 72.4 cm³/mol.